The highest BCUT2D eigenvalue weighted by Gasteiger charge is 2.21. The Balaban J connectivity index is 2.28. The fraction of sp³-hybridized carbons (Fsp3) is 0. The van der Waals surface area contributed by atoms with Crippen LogP contribution in [-0.2, 0) is 0 Å². The molecule has 0 unspecified atom stereocenters. The molecule has 0 aliphatic heterocycles. The highest BCUT2D eigenvalue weighted by molar-refractivity contribution is 6.58. The largest absolute Gasteiger partial charge is 0.491 e. The van der Waals surface area contributed by atoms with Crippen LogP contribution in [-0.4, -0.2) is 23.1 Å². The Morgan fingerprint density at radius 3 is 2.55 bits per heavy atom. The Kier molecular flexibility index (Phi) is 4.39. The summed E-state index contributed by atoms with van der Waals surface area (Å²) in [5.41, 5.74) is -0.226. The number of hydrogen-bond acceptors (Lipinski definition) is 3. The molecule has 7 heteroatoms. The molecule has 2 aromatic carbocycles. The molecule has 102 valence electrons. The lowest BCUT2D eigenvalue weighted by atomic mass is 9.79. The van der Waals surface area contributed by atoms with Crippen molar-refractivity contribution in [1.82, 2.24) is 0 Å². The molecule has 4 nitrogen and oxygen atoms in total. The third kappa shape index (κ3) is 3.16. The zero-order valence-electron chi connectivity index (χ0n) is 10.2. The van der Waals surface area contributed by atoms with E-state index in [-0.39, 0.29) is 11.0 Å². The molecule has 0 aliphatic rings. The van der Waals surface area contributed by atoms with Gasteiger partial charge in [-0.15, -0.1) is 0 Å². The van der Waals surface area contributed by atoms with Crippen LogP contribution >= 0.6 is 11.6 Å². The number of amides is 1. The number of carbonyl (C=O) groups is 1. The molecule has 0 saturated heterocycles. The summed E-state index contributed by atoms with van der Waals surface area (Å²) in [7, 11) is -1.98. The van der Waals surface area contributed by atoms with Gasteiger partial charge in [-0.2, -0.15) is 0 Å². The molecule has 0 aliphatic carbocycles. The Morgan fingerprint density at radius 2 is 1.90 bits per heavy atom. The van der Waals surface area contributed by atoms with Gasteiger partial charge in [-0.05, 0) is 24.3 Å². The van der Waals surface area contributed by atoms with E-state index in [1.165, 1.54) is 24.3 Å². The van der Waals surface area contributed by atoms with Crippen LogP contribution in [0.5, 0.6) is 0 Å². The van der Waals surface area contributed by atoms with Gasteiger partial charge in [0.25, 0.3) is 5.91 Å². The van der Waals surface area contributed by atoms with Gasteiger partial charge in [0.2, 0.25) is 0 Å². The summed E-state index contributed by atoms with van der Waals surface area (Å²) in [5, 5.41) is 20.9. The molecule has 0 spiro atoms. The third-order valence-corrected chi connectivity index (χ3v) is 2.87. The maximum atomic E-state index is 13.9. The quantitative estimate of drug-likeness (QED) is 0.750. The number of nitrogens with one attached hydrogen (secondary N) is 1. The zero-order valence-corrected chi connectivity index (χ0v) is 10.9. The monoisotopic (exact) mass is 293 g/mol. The highest BCUT2D eigenvalue weighted by Crippen LogP contribution is 2.16. The number of hydrogen-bond donors (Lipinski definition) is 3. The SMILES string of the molecule is O=C(Nc1cccc(Cl)c1)c1cccc(B(O)O)c1F. The molecule has 0 saturated carbocycles. The smallest absolute Gasteiger partial charge is 0.423 e. The normalized spacial score (nSPS) is 10.2. The Morgan fingerprint density at radius 1 is 1.20 bits per heavy atom. The van der Waals surface area contributed by atoms with Gasteiger partial charge in [0.1, 0.15) is 5.82 Å². The second-order valence-corrected chi connectivity index (χ2v) is 4.48. The summed E-state index contributed by atoms with van der Waals surface area (Å²) in [5.74, 6) is -1.67. The molecule has 2 rings (SSSR count). The molecule has 0 aromatic heterocycles. The van der Waals surface area contributed by atoms with Crippen LogP contribution < -0.4 is 10.8 Å². The molecule has 20 heavy (non-hydrogen) atoms. The molecule has 3 N–H and O–H groups in total. The average Bonchev–Trinajstić information content (AvgIpc) is 2.38. The average molecular weight is 293 g/mol. The first-order valence-electron chi connectivity index (χ1n) is 5.70. The number of carbonyl (C=O) groups excluding carboxylic acids is 1. The predicted octanol–water partition coefficient (Wildman–Crippen LogP) is 1.41. The standard InChI is InChI=1S/C13H10BClFNO3/c15-8-3-1-4-9(7-8)17-13(18)10-5-2-6-11(12(10)16)14(19)20/h1-7,19-20H,(H,17,18). The van der Waals surface area contributed by atoms with Gasteiger partial charge in [0.05, 0.1) is 5.56 Å². The molecular weight excluding hydrogens is 283 g/mol. The van der Waals surface area contributed by atoms with E-state index in [4.69, 9.17) is 21.6 Å². The van der Waals surface area contributed by atoms with Gasteiger partial charge in [-0.3, -0.25) is 4.79 Å². The lowest BCUT2D eigenvalue weighted by molar-refractivity contribution is 0.102. The van der Waals surface area contributed by atoms with E-state index >= 15 is 0 Å². The Hall–Kier alpha value is -1.89. The van der Waals surface area contributed by atoms with Crippen molar-refractivity contribution in [2.24, 2.45) is 0 Å². The van der Waals surface area contributed by atoms with Gasteiger partial charge in [0.15, 0.2) is 0 Å². The van der Waals surface area contributed by atoms with Crippen molar-refractivity contribution in [3.63, 3.8) is 0 Å². The fourth-order valence-corrected chi connectivity index (χ4v) is 1.88. The molecular formula is C13H10BClFNO3. The molecule has 2 aromatic rings. The first-order chi connectivity index (χ1) is 9.49. The number of halogens is 2. The van der Waals surface area contributed by atoms with E-state index in [9.17, 15) is 9.18 Å². The maximum Gasteiger partial charge on any atom is 0.491 e. The van der Waals surface area contributed by atoms with Gasteiger partial charge < -0.3 is 15.4 Å². The van der Waals surface area contributed by atoms with Gasteiger partial charge in [0, 0.05) is 16.2 Å². The van der Waals surface area contributed by atoms with E-state index in [2.05, 4.69) is 5.32 Å². The summed E-state index contributed by atoms with van der Waals surface area (Å²) < 4.78 is 13.9. The minimum atomic E-state index is -1.98. The van der Waals surface area contributed by atoms with Crippen molar-refractivity contribution >= 4 is 35.8 Å². The van der Waals surface area contributed by atoms with E-state index in [1.54, 1.807) is 18.2 Å². The van der Waals surface area contributed by atoms with Crippen LogP contribution in [0, 0.1) is 5.82 Å². The van der Waals surface area contributed by atoms with Gasteiger partial charge in [-0.25, -0.2) is 4.39 Å². The van der Waals surface area contributed by atoms with Crippen LogP contribution in [0.3, 0.4) is 0 Å². The highest BCUT2D eigenvalue weighted by atomic mass is 35.5. The summed E-state index contributed by atoms with van der Waals surface area (Å²) in [6, 6.07) is 10.2. The van der Waals surface area contributed by atoms with Crippen molar-refractivity contribution in [1.29, 1.82) is 0 Å². The minimum absolute atomic E-state index is 0.282. The van der Waals surface area contributed by atoms with E-state index < -0.39 is 18.8 Å². The molecule has 0 heterocycles. The fourth-order valence-electron chi connectivity index (χ4n) is 1.69. The number of rotatable bonds is 3. The van der Waals surface area contributed by atoms with Gasteiger partial charge in [-0.1, -0.05) is 29.8 Å². The maximum absolute atomic E-state index is 13.9. The molecule has 1 amide bonds. The summed E-state index contributed by atoms with van der Waals surface area (Å²) in [6.45, 7) is 0. The van der Waals surface area contributed by atoms with E-state index in [0.29, 0.717) is 10.7 Å². The second-order valence-electron chi connectivity index (χ2n) is 4.05. The van der Waals surface area contributed by atoms with Crippen molar-refractivity contribution in [3.05, 3.63) is 58.9 Å². The van der Waals surface area contributed by atoms with E-state index in [1.807, 2.05) is 0 Å². The molecule has 0 radical (unpaired) electrons. The van der Waals surface area contributed by atoms with E-state index in [0.717, 1.165) is 0 Å². The third-order valence-electron chi connectivity index (χ3n) is 2.63. The number of benzene rings is 2. The molecule has 0 fully saturated rings. The summed E-state index contributed by atoms with van der Waals surface area (Å²) >= 11 is 5.78. The van der Waals surface area contributed by atoms with Crippen molar-refractivity contribution < 1.29 is 19.2 Å². The predicted molar refractivity (Wildman–Crippen MR) is 75.6 cm³/mol. The van der Waals surface area contributed by atoms with Crippen molar-refractivity contribution in [2.75, 3.05) is 5.32 Å². The van der Waals surface area contributed by atoms with Crippen molar-refractivity contribution in [3.8, 4) is 0 Å². The summed E-state index contributed by atoms with van der Waals surface area (Å²) in [4.78, 5) is 12.0. The minimum Gasteiger partial charge on any atom is -0.423 e. The number of anilines is 1. The van der Waals surface area contributed by atoms with Crippen LogP contribution in [0.2, 0.25) is 5.02 Å². The lowest BCUT2D eigenvalue weighted by Crippen LogP contribution is -2.34. The second kappa shape index (κ2) is 6.05. The first kappa shape index (κ1) is 14.5. The summed E-state index contributed by atoms with van der Waals surface area (Å²) in [6.07, 6.45) is 0. The van der Waals surface area contributed by atoms with Crippen LogP contribution in [0.15, 0.2) is 42.5 Å². The molecule has 0 bridgehead atoms. The topological polar surface area (TPSA) is 69.6 Å². The van der Waals surface area contributed by atoms with Gasteiger partial charge >= 0.3 is 7.12 Å². The first-order valence-corrected chi connectivity index (χ1v) is 6.08. The van der Waals surface area contributed by atoms with Crippen molar-refractivity contribution in [2.45, 2.75) is 0 Å². The Labute approximate surface area is 120 Å². The van der Waals surface area contributed by atoms with Crippen LogP contribution in [0.1, 0.15) is 10.4 Å². The van der Waals surface area contributed by atoms with Crippen LogP contribution in [0.4, 0.5) is 10.1 Å². The van der Waals surface area contributed by atoms with Crippen LogP contribution in [0.25, 0.3) is 0 Å². The Bertz CT molecular complexity index is 651. The zero-order chi connectivity index (χ0) is 14.7. The lowest BCUT2D eigenvalue weighted by Gasteiger charge is -2.09. The molecule has 0 atom stereocenters.